The third kappa shape index (κ3) is 3.03. The Balaban J connectivity index is 1.82. The van der Waals surface area contributed by atoms with Gasteiger partial charge in [-0.2, -0.15) is 5.26 Å². The molecule has 1 saturated carbocycles. The zero-order valence-corrected chi connectivity index (χ0v) is 9.52. The van der Waals surface area contributed by atoms with E-state index in [0.717, 1.165) is 18.2 Å². The Morgan fingerprint density at radius 1 is 1.19 bits per heavy atom. The molecule has 0 bridgehead atoms. The normalized spacial score (nSPS) is 16.9. The van der Waals surface area contributed by atoms with Crippen molar-refractivity contribution in [2.45, 2.75) is 44.9 Å². The minimum Gasteiger partial charge on any atom is -0.240 e. The van der Waals surface area contributed by atoms with Crippen LogP contribution in [0.15, 0.2) is 12.4 Å². The highest BCUT2D eigenvalue weighted by atomic mass is 14.9. The standard InChI is InChI=1S/C13H17N3/c14-8-12-9-15-13(16-10-12)7-6-11-4-2-1-3-5-11/h9-11H,1-7H2. The molecule has 1 aliphatic rings. The molecule has 0 N–H and O–H groups in total. The zero-order chi connectivity index (χ0) is 11.2. The van der Waals surface area contributed by atoms with Gasteiger partial charge in [0, 0.05) is 18.8 Å². The fraction of sp³-hybridized carbons (Fsp3) is 0.615. The molecule has 1 aromatic heterocycles. The van der Waals surface area contributed by atoms with Crippen molar-refractivity contribution in [3.8, 4) is 6.07 Å². The molecule has 1 aliphatic carbocycles. The van der Waals surface area contributed by atoms with Crippen molar-refractivity contribution in [2.75, 3.05) is 0 Å². The molecule has 0 saturated heterocycles. The van der Waals surface area contributed by atoms with Crippen LogP contribution in [-0.2, 0) is 6.42 Å². The molecule has 0 amide bonds. The Morgan fingerprint density at radius 3 is 2.50 bits per heavy atom. The van der Waals surface area contributed by atoms with Crippen molar-refractivity contribution in [2.24, 2.45) is 5.92 Å². The van der Waals surface area contributed by atoms with Crippen LogP contribution in [0.2, 0.25) is 0 Å². The second-order valence-electron chi connectivity index (χ2n) is 4.54. The second kappa shape index (κ2) is 5.60. The first-order chi connectivity index (χ1) is 7.88. The summed E-state index contributed by atoms with van der Waals surface area (Å²) in [7, 11) is 0. The van der Waals surface area contributed by atoms with Gasteiger partial charge in [0.1, 0.15) is 11.9 Å². The molecule has 0 spiro atoms. The van der Waals surface area contributed by atoms with Crippen LogP contribution in [0.4, 0.5) is 0 Å². The smallest absolute Gasteiger partial charge is 0.128 e. The molecule has 0 unspecified atom stereocenters. The first-order valence-electron chi connectivity index (χ1n) is 6.09. The van der Waals surface area contributed by atoms with Crippen molar-refractivity contribution < 1.29 is 0 Å². The van der Waals surface area contributed by atoms with Crippen LogP contribution in [0.1, 0.15) is 49.9 Å². The van der Waals surface area contributed by atoms with Crippen LogP contribution in [0.3, 0.4) is 0 Å². The lowest BCUT2D eigenvalue weighted by molar-refractivity contribution is 0.337. The topological polar surface area (TPSA) is 49.6 Å². The highest BCUT2D eigenvalue weighted by molar-refractivity contribution is 5.21. The first kappa shape index (κ1) is 11.1. The van der Waals surface area contributed by atoms with Gasteiger partial charge < -0.3 is 0 Å². The minimum absolute atomic E-state index is 0.543. The maximum absolute atomic E-state index is 8.63. The number of hydrogen-bond acceptors (Lipinski definition) is 3. The first-order valence-corrected chi connectivity index (χ1v) is 6.09. The summed E-state index contributed by atoms with van der Waals surface area (Å²) in [4.78, 5) is 8.40. The second-order valence-corrected chi connectivity index (χ2v) is 4.54. The van der Waals surface area contributed by atoms with Crippen LogP contribution >= 0.6 is 0 Å². The number of nitriles is 1. The number of nitrogens with zero attached hydrogens (tertiary/aromatic N) is 3. The predicted molar refractivity (Wildman–Crippen MR) is 61.6 cm³/mol. The number of aryl methyl sites for hydroxylation is 1. The molecule has 3 heteroatoms. The van der Waals surface area contributed by atoms with Crippen LogP contribution in [0.25, 0.3) is 0 Å². The van der Waals surface area contributed by atoms with Crippen LogP contribution in [0.5, 0.6) is 0 Å². The van der Waals surface area contributed by atoms with Gasteiger partial charge in [0.15, 0.2) is 0 Å². The minimum atomic E-state index is 0.543. The van der Waals surface area contributed by atoms with E-state index in [0.29, 0.717) is 5.56 Å². The van der Waals surface area contributed by atoms with E-state index in [1.54, 1.807) is 12.4 Å². The van der Waals surface area contributed by atoms with E-state index >= 15 is 0 Å². The van der Waals surface area contributed by atoms with Gasteiger partial charge >= 0.3 is 0 Å². The summed E-state index contributed by atoms with van der Waals surface area (Å²) in [6.45, 7) is 0. The summed E-state index contributed by atoms with van der Waals surface area (Å²) in [5.74, 6) is 1.75. The lowest BCUT2D eigenvalue weighted by Gasteiger charge is -2.20. The van der Waals surface area contributed by atoms with E-state index in [9.17, 15) is 0 Å². The maximum Gasteiger partial charge on any atom is 0.128 e. The molecule has 2 rings (SSSR count). The van der Waals surface area contributed by atoms with Crippen molar-refractivity contribution in [1.29, 1.82) is 5.26 Å². The average Bonchev–Trinajstić information content (AvgIpc) is 2.38. The molecular weight excluding hydrogens is 198 g/mol. The van der Waals surface area contributed by atoms with Gasteiger partial charge in [0.25, 0.3) is 0 Å². The van der Waals surface area contributed by atoms with Crippen molar-refractivity contribution in [3.63, 3.8) is 0 Å². The summed E-state index contributed by atoms with van der Waals surface area (Å²) in [6.07, 6.45) is 12.3. The Labute approximate surface area is 96.5 Å². The van der Waals surface area contributed by atoms with Gasteiger partial charge in [-0.25, -0.2) is 9.97 Å². The maximum atomic E-state index is 8.63. The highest BCUT2D eigenvalue weighted by Crippen LogP contribution is 2.26. The average molecular weight is 215 g/mol. The Bertz CT molecular complexity index is 358. The number of hydrogen-bond donors (Lipinski definition) is 0. The van der Waals surface area contributed by atoms with Crippen molar-refractivity contribution in [3.05, 3.63) is 23.8 Å². The quantitative estimate of drug-likeness (QED) is 0.779. The molecule has 0 radical (unpaired) electrons. The molecule has 1 heterocycles. The van der Waals surface area contributed by atoms with Gasteiger partial charge in [-0.3, -0.25) is 0 Å². The molecule has 0 atom stereocenters. The molecule has 3 nitrogen and oxygen atoms in total. The molecule has 84 valence electrons. The monoisotopic (exact) mass is 215 g/mol. The van der Waals surface area contributed by atoms with Crippen LogP contribution in [-0.4, -0.2) is 9.97 Å². The Hall–Kier alpha value is -1.43. The fourth-order valence-corrected chi connectivity index (χ4v) is 2.35. The van der Waals surface area contributed by atoms with Gasteiger partial charge in [-0.1, -0.05) is 32.1 Å². The van der Waals surface area contributed by atoms with Crippen LogP contribution < -0.4 is 0 Å². The molecule has 0 aromatic carbocycles. The third-order valence-corrected chi connectivity index (χ3v) is 3.34. The molecule has 1 aromatic rings. The Kier molecular flexibility index (Phi) is 3.87. The Morgan fingerprint density at radius 2 is 1.88 bits per heavy atom. The van der Waals surface area contributed by atoms with Gasteiger partial charge in [0.2, 0.25) is 0 Å². The third-order valence-electron chi connectivity index (χ3n) is 3.34. The summed E-state index contributed by atoms with van der Waals surface area (Å²) >= 11 is 0. The zero-order valence-electron chi connectivity index (χ0n) is 9.52. The van der Waals surface area contributed by atoms with E-state index in [-0.39, 0.29) is 0 Å². The van der Waals surface area contributed by atoms with E-state index in [4.69, 9.17) is 5.26 Å². The van der Waals surface area contributed by atoms with Gasteiger partial charge in [0.05, 0.1) is 5.56 Å². The van der Waals surface area contributed by atoms with Crippen molar-refractivity contribution >= 4 is 0 Å². The predicted octanol–water partition coefficient (Wildman–Crippen LogP) is 2.86. The van der Waals surface area contributed by atoms with E-state index in [1.807, 2.05) is 6.07 Å². The van der Waals surface area contributed by atoms with Gasteiger partial charge in [-0.15, -0.1) is 0 Å². The van der Waals surface area contributed by atoms with E-state index in [2.05, 4.69) is 9.97 Å². The lowest BCUT2D eigenvalue weighted by Crippen LogP contribution is -2.08. The summed E-state index contributed by atoms with van der Waals surface area (Å²) in [5.41, 5.74) is 0.543. The summed E-state index contributed by atoms with van der Waals surface area (Å²) in [5, 5.41) is 8.63. The molecule has 1 fully saturated rings. The number of rotatable bonds is 3. The SMILES string of the molecule is N#Cc1cnc(CCC2CCCCC2)nc1. The lowest BCUT2D eigenvalue weighted by atomic mass is 9.86. The summed E-state index contributed by atoms with van der Waals surface area (Å²) < 4.78 is 0. The summed E-state index contributed by atoms with van der Waals surface area (Å²) in [6, 6.07) is 2.03. The molecule has 16 heavy (non-hydrogen) atoms. The fourth-order valence-electron chi connectivity index (χ4n) is 2.35. The molecular formula is C13H17N3. The van der Waals surface area contributed by atoms with Crippen LogP contribution in [0, 0.1) is 17.2 Å². The van der Waals surface area contributed by atoms with E-state index in [1.165, 1.54) is 38.5 Å². The highest BCUT2D eigenvalue weighted by Gasteiger charge is 2.13. The number of aromatic nitrogens is 2. The largest absolute Gasteiger partial charge is 0.240 e. The van der Waals surface area contributed by atoms with Gasteiger partial charge in [-0.05, 0) is 12.3 Å². The van der Waals surface area contributed by atoms with Crippen molar-refractivity contribution in [1.82, 2.24) is 9.97 Å². The van der Waals surface area contributed by atoms with E-state index < -0.39 is 0 Å². The molecule has 0 aliphatic heterocycles.